The number of alkyl carbamates (subject to hydrolysis) is 1. The minimum atomic E-state index is -0.560. The van der Waals surface area contributed by atoms with Crippen LogP contribution < -0.4 is 10.1 Å². The van der Waals surface area contributed by atoms with E-state index < -0.39 is 11.9 Å². The Morgan fingerprint density at radius 2 is 1.80 bits per heavy atom. The third-order valence-corrected chi connectivity index (χ3v) is 4.90. The van der Waals surface area contributed by atoms with Gasteiger partial charge in [0.05, 0.1) is 25.4 Å². The molecule has 0 fully saturated rings. The Morgan fingerprint density at radius 3 is 2.47 bits per heavy atom. The number of benzene rings is 2. The summed E-state index contributed by atoms with van der Waals surface area (Å²) in [5.41, 5.74) is 4.96. The molecule has 1 heterocycles. The van der Waals surface area contributed by atoms with E-state index in [-0.39, 0.29) is 24.9 Å². The van der Waals surface area contributed by atoms with Gasteiger partial charge in [-0.05, 0) is 28.3 Å². The average Bonchev–Trinajstić information content (AvgIpc) is 3.09. The number of aromatic nitrogens is 1. The Balaban J connectivity index is 1.36. The summed E-state index contributed by atoms with van der Waals surface area (Å²) in [6, 6.07) is 17.5. The first-order valence-corrected chi connectivity index (χ1v) is 9.44. The number of hydrogen-bond acceptors (Lipinski definition) is 4. The number of nitrogens with zero attached hydrogens (tertiary/aromatic N) is 1. The molecule has 1 N–H and O–H groups in total. The summed E-state index contributed by atoms with van der Waals surface area (Å²) < 4.78 is 23.8. The van der Waals surface area contributed by atoms with Gasteiger partial charge in [0.25, 0.3) is 0 Å². The van der Waals surface area contributed by atoms with Crippen LogP contribution in [0.3, 0.4) is 0 Å². The number of fused-ring (bicyclic) bond motifs is 3. The molecule has 0 saturated carbocycles. The molecule has 1 amide bonds. The highest BCUT2D eigenvalue weighted by molar-refractivity contribution is 5.79. The molecule has 5 nitrogen and oxygen atoms in total. The van der Waals surface area contributed by atoms with Gasteiger partial charge >= 0.3 is 6.09 Å². The van der Waals surface area contributed by atoms with Gasteiger partial charge in [-0.25, -0.2) is 14.2 Å². The average molecular weight is 402 g/mol. The van der Waals surface area contributed by atoms with Crippen LogP contribution in [-0.4, -0.2) is 31.3 Å². The van der Waals surface area contributed by atoms with Crippen molar-refractivity contribution < 1.29 is 18.7 Å². The van der Waals surface area contributed by atoms with Gasteiger partial charge in [0.1, 0.15) is 12.4 Å². The molecule has 6 heteroatoms. The van der Waals surface area contributed by atoms with Crippen LogP contribution >= 0.6 is 0 Å². The first kappa shape index (κ1) is 19.5. The lowest BCUT2D eigenvalue weighted by atomic mass is 9.98. The minimum Gasteiger partial charge on any atom is -0.480 e. The summed E-state index contributed by atoms with van der Waals surface area (Å²) in [6.07, 6.45) is 0.495. The van der Waals surface area contributed by atoms with Crippen LogP contribution in [0.1, 0.15) is 22.6 Å². The van der Waals surface area contributed by atoms with Crippen molar-refractivity contribution in [3.05, 3.63) is 83.3 Å². The second kappa shape index (κ2) is 8.66. The Labute approximate surface area is 173 Å². The number of nitrogens with one attached hydrogen (secondary N) is 1. The molecule has 0 spiro atoms. The molecule has 1 aliphatic carbocycles. The van der Waals surface area contributed by atoms with E-state index in [2.05, 4.69) is 46.4 Å². The summed E-state index contributed by atoms with van der Waals surface area (Å²) in [5, 5.41) is 2.59. The first-order valence-electron chi connectivity index (χ1n) is 9.44. The molecule has 0 bridgehead atoms. The highest BCUT2D eigenvalue weighted by atomic mass is 19.1. The van der Waals surface area contributed by atoms with Crippen LogP contribution in [0.5, 0.6) is 5.88 Å². The van der Waals surface area contributed by atoms with Crippen molar-refractivity contribution in [2.45, 2.75) is 5.92 Å². The van der Waals surface area contributed by atoms with Gasteiger partial charge in [-0.2, -0.15) is 0 Å². The highest BCUT2D eigenvalue weighted by Gasteiger charge is 2.28. The third kappa shape index (κ3) is 3.96. The molecular formula is C24H19FN2O3. The van der Waals surface area contributed by atoms with Crippen LogP contribution in [-0.2, 0) is 4.74 Å². The summed E-state index contributed by atoms with van der Waals surface area (Å²) in [5.74, 6) is 5.20. The number of hydrogen-bond donors (Lipinski definition) is 1. The van der Waals surface area contributed by atoms with Gasteiger partial charge in [0.2, 0.25) is 5.88 Å². The molecule has 150 valence electrons. The van der Waals surface area contributed by atoms with Gasteiger partial charge in [-0.15, -0.1) is 0 Å². The summed E-state index contributed by atoms with van der Waals surface area (Å²) in [6.45, 7) is 0.283. The molecule has 30 heavy (non-hydrogen) atoms. The molecule has 0 saturated heterocycles. The monoisotopic (exact) mass is 402 g/mol. The van der Waals surface area contributed by atoms with Crippen molar-refractivity contribution >= 4 is 6.09 Å². The van der Waals surface area contributed by atoms with E-state index in [1.807, 2.05) is 24.3 Å². The molecule has 4 rings (SSSR count). The molecule has 0 aliphatic heterocycles. The number of rotatable bonds is 4. The normalized spacial score (nSPS) is 11.7. The van der Waals surface area contributed by atoms with E-state index in [1.165, 1.54) is 24.3 Å². The smallest absolute Gasteiger partial charge is 0.407 e. The van der Waals surface area contributed by atoms with Gasteiger partial charge in [-0.3, -0.25) is 0 Å². The number of pyridine rings is 1. The van der Waals surface area contributed by atoms with Crippen molar-refractivity contribution in [2.24, 2.45) is 0 Å². The predicted molar refractivity (Wildman–Crippen MR) is 111 cm³/mol. The molecule has 1 aromatic heterocycles. The van der Waals surface area contributed by atoms with E-state index in [4.69, 9.17) is 9.47 Å². The fourth-order valence-electron chi connectivity index (χ4n) is 3.58. The SMILES string of the molecule is COc1ncc(F)cc1C#CCNC(=O)OCC1c2ccccc2-c2ccccc21. The lowest BCUT2D eigenvalue weighted by Gasteiger charge is -2.14. The summed E-state index contributed by atoms with van der Waals surface area (Å²) in [4.78, 5) is 15.9. The first-order chi connectivity index (χ1) is 14.7. The summed E-state index contributed by atoms with van der Waals surface area (Å²) in [7, 11) is 1.43. The van der Waals surface area contributed by atoms with E-state index in [0.29, 0.717) is 5.56 Å². The lowest BCUT2D eigenvalue weighted by molar-refractivity contribution is 0.144. The van der Waals surface area contributed by atoms with Crippen molar-refractivity contribution in [3.8, 4) is 28.8 Å². The highest BCUT2D eigenvalue weighted by Crippen LogP contribution is 2.44. The molecule has 1 aliphatic rings. The van der Waals surface area contributed by atoms with E-state index >= 15 is 0 Å². The largest absolute Gasteiger partial charge is 0.480 e. The zero-order valence-corrected chi connectivity index (χ0v) is 16.3. The molecule has 0 atom stereocenters. The second-order valence-electron chi connectivity index (χ2n) is 6.69. The van der Waals surface area contributed by atoms with Crippen molar-refractivity contribution in [1.29, 1.82) is 0 Å². The molecule has 0 unspecified atom stereocenters. The zero-order chi connectivity index (χ0) is 20.9. The van der Waals surface area contributed by atoms with Crippen LogP contribution in [0.15, 0.2) is 60.8 Å². The number of halogens is 1. The Morgan fingerprint density at radius 1 is 1.13 bits per heavy atom. The Hall–Kier alpha value is -3.85. The fourth-order valence-corrected chi connectivity index (χ4v) is 3.58. The maximum Gasteiger partial charge on any atom is 0.407 e. The van der Waals surface area contributed by atoms with Gasteiger partial charge in [-0.1, -0.05) is 60.4 Å². The third-order valence-electron chi connectivity index (χ3n) is 4.90. The molecule has 2 aromatic carbocycles. The zero-order valence-electron chi connectivity index (χ0n) is 16.3. The van der Waals surface area contributed by atoms with Gasteiger partial charge in [0, 0.05) is 5.92 Å². The Kier molecular flexibility index (Phi) is 5.62. The molecular weight excluding hydrogens is 383 g/mol. The number of amides is 1. The quantitative estimate of drug-likeness (QED) is 0.667. The predicted octanol–water partition coefficient (Wildman–Crippen LogP) is 4.12. The summed E-state index contributed by atoms with van der Waals surface area (Å²) >= 11 is 0. The van der Waals surface area contributed by atoms with E-state index in [9.17, 15) is 9.18 Å². The van der Waals surface area contributed by atoms with Crippen LogP contribution in [0.4, 0.5) is 9.18 Å². The second-order valence-corrected chi connectivity index (χ2v) is 6.69. The van der Waals surface area contributed by atoms with Gasteiger partial charge < -0.3 is 14.8 Å². The van der Waals surface area contributed by atoms with Crippen LogP contribution in [0.25, 0.3) is 11.1 Å². The van der Waals surface area contributed by atoms with Gasteiger partial charge in [0.15, 0.2) is 0 Å². The van der Waals surface area contributed by atoms with Crippen LogP contribution in [0, 0.1) is 17.7 Å². The fraction of sp³-hybridized carbons (Fsp3) is 0.167. The number of carbonyl (C=O) groups is 1. The van der Waals surface area contributed by atoms with Crippen LogP contribution in [0.2, 0.25) is 0 Å². The number of carbonyl (C=O) groups excluding carboxylic acids is 1. The standard InChI is InChI=1S/C24H19FN2O3/c1-29-23-16(13-17(25)14-27-23)7-6-12-26-24(28)30-15-22-20-10-4-2-8-18(20)19-9-3-5-11-21(19)22/h2-5,8-11,13-14,22H,12,15H2,1H3,(H,26,28). The maximum absolute atomic E-state index is 13.3. The Bertz CT molecular complexity index is 1100. The lowest BCUT2D eigenvalue weighted by Crippen LogP contribution is -2.26. The van der Waals surface area contributed by atoms with Crippen molar-refractivity contribution in [2.75, 3.05) is 20.3 Å². The van der Waals surface area contributed by atoms with E-state index in [0.717, 1.165) is 17.3 Å². The maximum atomic E-state index is 13.3. The van der Waals surface area contributed by atoms with E-state index in [1.54, 1.807) is 0 Å². The molecule has 3 aromatic rings. The van der Waals surface area contributed by atoms with Crippen molar-refractivity contribution in [3.63, 3.8) is 0 Å². The van der Waals surface area contributed by atoms with Crippen molar-refractivity contribution in [1.82, 2.24) is 10.3 Å². The number of methoxy groups -OCH3 is 1. The minimum absolute atomic E-state index is 0.00290. The topological polar surface area (TPSA) is 60.5 Å². The molecule has 0 radical (unpaired) electrons. The number of ether oxygens (including phenoxy) is 2.